The van der Waals surface area contributed by atoms with Gasteiger partial charge in [0, 0.05) is 37.6 Å². The minimum Gasteiger partial charge on any atom is -0.368 e. The molecule has 0 saturated carbocycles. The zero-order valence-corrected chi connectivity index (χ0v) is 14.8. The number of ether oxygens (including phenoxy) is 1. The third kappa shape index (κ3) is 3.70. The molecule has 0 unspecified atom stereocenters. The van der Waals surface area contributed by atoms with E-state index in [1.54, 1.807) is 12.4 Å². The van der Waals surface area contributed by atoms with Crippen molar-refractivity contribution in [3.05, 3.63) is 54.4 Å². The van der Waals surface area contributed by atoms with E-state index in [-0.39, 0.29) is 17.6 Å². The monoisotopic (exact) mass is 352 g/mol. The molecule has 0 aliphatic carbocycles. The smallest absolute Gasteiger partial charge is 0.251 e. The van der Waals surface area contributed by atoms with Crippen LogP contribution in [0.1, 0.15) is 36.0 Å². The minimum absolute atomic E-state index is 0.0421. The molecular formula is C20H24N4O2. The molecule has 2 saturated heterocycles. The van der Waals surface area contributed by atoms with Crippen molar-refractivity contribution in [2.24, 2.45) is 0 Å². The average Bonchev–Trinajstić information content (AvgIpc) is 3.10. The molecule has 136 valence electrons. The molecule has 26 heavy (non-hydrogen) atoms. The molecule has 2 aliphatic heterocycles. The van der Waals surface area contributed by atoms with Crippen molar-refractivity contribution in [1.82, 2.24) is 15.3 Å². The summed E-state index contributed by atoms with van der Waals surface area (Å²) in [5, 5.41) is 3.02. The van der Waals surface area contributed by atoms with E-state index in [9.17, 15) is 4.79 Å². The van der Waals surface area contributed by atoms with Crippen molar-refractivity contribution in [2.45, 2.75) is 37.4 Å². The summed E-state index contributed by atoms with van der Waals surface area (Å²) in [7, 11) is 0. The molecule has 4 rings (SSSR count). The third-order valence-corrected chi connectivity index (χ3v) is 5.25. The fourth-order valence-electron chi connectivity index (χ4n) is 3.94. The number of nitrogens with zero attached hydrogens (tertiary/aromatic N) is 3. The lowest BCUT2D eigenvalue weighted by Crippen LogP contribution is -2.47. The quantitative estimate of drug-likeness (QED) is 0.915. The summed E-state index contributed by atoms with van der Waals surface area (Å²) < 4.78 is 6.46. The molecule has 3 heterocycles. The Kier molecular flexibility index (Phi) is 4.84. The van der Waals surface area contributed by atoms with Crippen LogP contribution in [0.15, 0.2) is 48.8 Å². The zero-order valence-electron chi connectivity index (χ0n) is 14.8. The number of benzene rings is 1. The summed E-state index contributed by atoms with van der Waals surface area (Å²) in [5.74, 6) is 0.729. The van der Waals surface area contributed by atoms with Gasteiger partial charge >= 0.3 is 0 Å². The fourth-order valence-corrected chi connectivity index (χ4v) is 3.94. The Labute approximate surface area is 153 Å². The van der Waals surface area contributed by atoms with Crippen LogP contribution >= 0.6 is 0 Å². The maximum Gasteiger partial charge on any atom is 0.251 e. The summed E-state index contributed by atoms with van der Waals surface area (Å²) in [5.41, 5.74) is 0.547. The standard InChI is InChI=1S/C20H24N4O2/c25-18(16-6-2-1-3-7-16)23-14-17-8-4-9-20(26-17)10-13-24(15-20)19-21-11-5-12-22-19/h1-3,5-7,11-12,17H,4,8-10,13-15H2,(H,23,25)/t17-,20+/m0/s1. The van der Waals surface area contributed by atoms with Gasteiger partial charge in [-0.2, -0.15) is 0 Å². The maximum atomic E-state index is 12.2. The van der Waals surface area contributed by atoms with Gasteiger partial charge in [-0.25, -0.2) is 9.97 Å². The zero-order chi connectivity index (χ0) is 17.8. The van der Waals surface area contributed by atoms with Gasteiger partial charge in [-0.05, 0) is 43.9 Å². The molecule has 1 amide bonds. The SMILES string of the molecule is O=C(NC[C@@H]1CCC[C@]2(CCN(c3ncccn3)C2)O1)c1ccccc1. The predicted molar refractivity (Wildman–Crippen MR) is 99.1 cm³/mol. The first-order valence-corrected chi connectivity index (χ1v) is 9.27. The first kappa shape index (κ1) is 17.0. The summed E-state index contributed by atoms with van der Waals surface area (Å²) in [6.45, 7) is 2.28. The molecule has 1 aromatic carbocycles. The molecule has 0 radical (unpaired) electrons. The Bertz CT molecular complexity index is 740. The van der Waals surface area contributed by atoms with Gasteiger partial charge in [-0.3, -0.25) is 4.79 Å². The molecule has 2 aromatic rings. The van der Waals surface area contributed by atoms with Crippen LogP contribution < -0.4 is 10.2 Å². The van der Waals surface area contributed by atoms with E-state index < -0.39 is 0 Å². The number of carbonyl (C=O) groups excluding carboxylic acids is 1. The molecule has 2 atom stereocenters. The van der Waals surface area contributed by atoms with Crippen molar-refractivity contribution in [3.63, 3.8) is 0 Å². The van der Waals surface area contributed by atoms with Crippen molar-refractivity contribution in [1.29, 1.82) is 0 Å². The molecule has 0 bridgehead atoms. The van der Waals surface area contributed by atoms with Gasteiger partial charge in [0.2, 0.25) is 5.95 Å². The number of hydrogen-bond donors (Lipinski definition) is 1. The molecule has 2 fully saturated rings. The third-order valence-electron chi connectivity index (χ3n) is 5.25. The van der Waals surface area contributed by atoms with Gasteiger partial charge in [0.25, 0.3) is 5.91 Å². The van der Waals surface area contributed by atoms with Crippen LogP contribution in [-0.4, -0.2) is 47.2 Å². The normalized spacial score (nSPS) is 25.4. The Morgan fingerprint density at radius 1 is 1.19 bits per heavy atom. The highest BCUT2D eigenvalue weighted by Gasteiger charge is 2.43. The van der Waals surface area contributed by atoms with E-state index >= 15 is 0 Å². The van der Waals surface area contributed by atoms with Crippen molar-refractivity contribution >= 4 is 11.9 Å². The van der Waals surface area contributed by atoms with Crippen molar-refractivity contribution in [3.8, 4) is 0 Å². The van der Waals surface area contributed by atoms with E-state index in [2.05, 4.69) is 20.2 Å². The van der Waals surface area contributed by atoms with E-state index in [1.807, 2.05) is 36.4 Å². The summed E-state index contributed by atoms with van der Waals surface area (Å²) in [6.07, 6.45) is 7.75. The van der Waals surface area contributed by atoms with Crippen LogP contribution in [-0.2, 0) is 4.74 Å². The van der Waals surface area contributed by atoms with Crippen molar-refractivity contribution in [2.75, 3.05) is 24.5 Å². The highest BCUT2D eigenvalue weighted by molar-refractivity contribution is 5.94. The van der Waals surface area contributed by atoms with Crippen molar-refractivity contribution < 1.29 is 9.53 Å². The molecule has 2 aliphatic rings. The van der Waals surface area contributed by atoms with Gasteiger partial charge in [-0.1, -0.05) is 18.2 Å². The second-order valence-corrected chi connectivity index (χ2v) is 7.11. The number of amides is 1. The number of nitrogens with one attached hydrogen (secondary N) is 1. The lowest BCUT2D eigenvalue weighted by Gasteiger charge is -2.38. The lowest BCUT2D eigenvalue weighted by molar-refractivity contribution is -0.113. The maximum absolute atomic E-state index is 12.2. The molecule has 1 spiro atoms. The highest BCUT2D eigenvalue weighted by Crippen LogP contribution is 2.37. The fraction of sp³-hybridized carbons (Fsp3) is 0.450. The molecule has 1 aromatic heterocycles. The van der Waals surface area contributed by atoms with Gasteiger partial charge < -0.3 is 15.0 Å². The van der Waals surface area contributed by atoms with Crippen LogP contribution in [0.25, 0.3) is 0 Å². The molecule has 6 heteroatoms. The highest BCUT2D eigenvalue weighted by atomic mass is 16.5. The van der Waals surface area contributed by atoms with Crippen LogP contribution in [0, 0.1) is 0 Å². The molecule has 1 N–H and O–H groups in total. The van der Waals surface area contributed by atoms with Crippen LogP contribution in [0.2, 0.25) is 0 Å². The van der Waals surface area contributed by atoms with E-state index in [0.29, 0.717) is 12.1 Å². The molecule has 6 nitrogen and oxygen atoms in total. The number of hydrogen-bond acceptors (Lipinski definition) is 5. The Morgan fingerprint density at radius 3 is 2.81 bits per heavy atom. The average molecular weight is 352 g/mol. The first-order valence-electron chi connectivity index (χ1n) is 9.27. The summed E-state index contributed by atoms with van der Waals surface area (Å²) in [6, 6.07) is 11.1. The van der Waals surface area contributed by atoms with Gasteiger partial charge in [0.05, 0.1) is 11.7 Å². The number of anilines is 1. The van der Waals surface area contributed by atoms with E-state index in [4.69, 9.17) is 4.74 Å². The summed E-state index contributed by atoms with van der Waals surface area (Å²) in [4.78, 5) is 23.2. The Hall–Kier alpha value is -2.47. The Morgan fingerprint density at radius 2 is 2.00 bits per heavy atom. The van der Waals surface area contributed by atoms with Crippen LogP contribution in [0.3, 0.4) is 0 Å². The molecular weight excluding hydrogens is 328 g/mol. The van der Waals surface area contributed by atoms with E-state index in [1.165, 1.54) is 0 Å². The number of aromatic nitrogens is 2. The topological polar surface area (TPSA) is 67.4 Å². The predicted octanol–water partition coefficient (Wildman–Crippen LogP) is 2.42. The summed E-state index contributed by atoms with van der Waals surface area (Å²) >= 11 is 0. The largest absolute Gasteiger partial charge is 0.368 e. The van der Waals surface area contributed by atoms with E-state index in [0.717, 1.165) is 44.7 Å². The van der Waals surface area contributed by atoms with Gasteiger partial charge in [0.15, 0.2) is 0 Å². The van der Waals surface area contributed by atoms with Gasteiger partial charge in [-0.15, -0.1) is 0 Å². The van der Waals surface area contributed by atoms with Crippen LogP contribution in [0.4, 0.5) is 5.95 Å². The van der Waals surface area contributed by atoms with Crippen LogP contribution in [0.5, 0.6) is 0 Å². The second-order valence-electron chi connectivity index (χ2n) is 7.11. The number of rotatable bonds is 4. The van der Waals surface area contributed by atoms with Gasteiger partial charge in [0.1, 0.15) is 0 Å². The Balaban J connectivity index is 1.34. The second kappa shape index (κ2) is 7.41. The minimum atomic E-state index is -0.139. The lowest BCUT2D eigenvalue weighted by atomic mass is 9.90. The number of carbonyl (C=O) groups is 1. The first-order chi connectivity index (χ1) is 12.7.